The maximum absolute atomic E-state index is 13.1. The summed E-state index contributed by atoms with van der Waals surface area (Å²) in [5.41, 5.74) is -0.0584. The number of nitrogens with zero attached hydrogens (tertiary/aromatic N) is 1. The van der Waals surface area contributed by atoms with Crippen LogP contribution >= 0.6 is 0 Å². The van der Waals surface area contributed by atoms with E-state index in [1.165, 1.54) is 12.3 Å². The molecular formula is C10H13FN2O2. The maximum Gasteiger partial charge on any atom is 0.254 e. The van der Waals surface area contributed by atoms with E-state index < -0.39 is 11.7 Å². The lowest BCUT2D eigenvalue weighted by Crippen LogP contribution is -2.37. The lowest BCUT2D eigenvalue weighted by molar-refractivity contribution is 0.0910. The second kappa shape index (κ2) is 5.41. The zero-order chi connectivity index (χ0) is 11.3. The second-order valence-corrected chi connectivity index (χ2v) is 3.12. The van der Waals surface area contributed by atoms with Crippen molar-refractivity contribution in [3.8, 4) is 0 Å². The van der Waals surface area contributed by atoms with Gasteiger partial charge in [0.15, 0.2) is 5.82 Å². The van der Waals surface area contributed by atoms with Crippen molar-refractivity contribution in [3.05, 3.63) is 29.8 Å². The predicted octanol–water partition coefficient (Wildman–Crippen LogP) is 0.721. The fourth-order valence-corrected chi connectivity index (χ4v) is 1.10. The first-order valence-electron chi connectivity index (χ1n) is 4.70. The van der Waals surface area contributed by atoms with E-state index in [0.717, 1.165) is 6.20 Å². The molecule has 1 atom stereocenters. The number of aliphatic hydroxyl groups is 1. The van der Waals surface area contributed by atoms with Gasteiger partial charge in [-0.3, -0.25) is 9.78 Å². The molecule has 2 N–H and O–H groups in total. The van der Waals surface area contributed by atoms with Gasteiger partial charge in [-0.2, -0.15) is 0 Å². The molecule has 0 saturated heterocycles. The van der Waals surface area contributed by atoms with E-state index in [2.05, 4.69) is 10.3 Å². The molecule has 0 aliphatic carbocycles. The molecule has 0 radical (unpaired) electrons. The van der Waals surface area contributed by atoms with Gasteiger partial charge in [0, 0.05) is 6.20 Å². The van der Waals surface area contributed by atoms with Crippen LogP contribution in [0.3, 0.4) is 0 Å². The second-order valence-electron chi connectivity index (χ2n) is 3.12. The number of pyridine rings is 1. The number of hydrogen-bond acceptors (Lipinski definition) is 3. The van der Waals surface area contributed by atoms with Crippen molar-refractivity contribution in [2.24, 2.45) is 0 Å². The molecule has 1 aromatic rings. The number of carbonyl (C=O) groups excluding carboxylic acids is 1. The summed E-state index contributed by atoms with van der Waals surface area (Å²) in [5.74, 6) is -1.20. The van der Waals surface area contributed by atoms with Gasteiger partial charge in [-0.1, -0.05) is 6.92 Å². The molecule has 15 heavy (non-hydrogen) atoms. The molecule has 0 aliphatic heterocycles. The summed E-state index contributed by atoms with van der Waals surface area (Å²) in [6, 6.07) is 0.958. The van der Waals surface area contributed by atoms with Crippen LogP contribution in [0, 0.1) is 5.82 Å². The monoisotopic (exact) mass is 212 g/mol. The average Bonchev–Trinajstić information content (AvgIpc) is 2.26. The number of rotatable bonds is 4. The molecule has 5 heteroatoms. The van der Waals surface area contributed by atoms with E-state index in [0.29, 0.717) is 6.42 Å². The van der Waals surface area contributed by atoms with Gasteiger partial charge in [0.05, 0.1) is 24.4 Å². The number of halogens is 1. The summed E-state index contributed by atoms with van der Waals surface area (Å²) in [4.78, 5) is 15.0. The third-order valence-electron chi connectivity index (χ3n) is 2.07. The smallest absolute Gasteiger partial charge is 0.254 e. The molecule has 1 aromatic heterocycles. The third-order valence-corrected chi connectivity index (χ3v) is 2.07. The fourth-order valence-electron chi connectivity index (χ4n) is 1.10. The van der Waals surface area contributed by atoms with Crippen molar-refractivity contribution < 1.29 is 14.3 Å². The van der Waals surface area contributed by atoms with Gasteiger partial charge in [0.1, 0.15) is 0 Å². The number of amides is 1. The minimum Gasteiger partial charge on any atom is -0.394 e. The number of nitrogens with one attached hydrogen (secondary N) is 1. The van der Waals surface area contributed by atoms with Crippen molar-refractivity contribution in [1.29, 1.82) is 0 Å². The Hall–Kier alpha value is -1.49. The van der Waals surface area contributed by atoms with Crippen molar-refractivity contribution in [1.82, 2.24) is 10.3 Å². The van der Waals surface area contributed by atoms with Gasteiger partial charge in [-0.15, -0.1) is 0 Å². The van der Waals surface area contributed by atoms with Crippen LogP contribution in [0.5, 0.6) is 0 Å². The lowest BCUT2D eigenvalue weighted by atomic mass is 10.2. The van der Waals surface area contributed by atoms with E-state index in [1.807, 2.05) is 6.92 Å². The highest BCUT2D eigenvalue weighted by molar-refractivity contribution is 5.94. The summed E-state index contributed by atoms with van der Waals surface area (Å²) in [7, 11) is 0. The predicted molar refractivity (Wildman–Crippen MR) is 52.8 cm³/mol. The minimum atomic E-state index is -0.664. The van der Waals surface area contributed by atoms with Crippen LogP contribution in [0.25, 0.3) is 0 Å². The highest BCUT2D eigenvalue weighted by Crippen LogP contribution is 2.04. The van der Waals surface area contributed by atoms with Gasteiger partial charge in [-0.25, -0.2) is 4.39 Å². The van der Waals surface area contributed by atoms with Crippen LogP contribution < -0.4 is 5.32 Å². The fraction of sp³-hybridized carbons (Fsp3) is 0.400. The largest absolute Gasteiger partial charge is 0.394 e. The molecule has 1 heterocycles. The number of aliphatic hydroxyl groups excluding tert-OH is 1. The summed E-state index contributed by atoms with van der Waals surface area (Å²) in [6.45, 7) is 1.67. The first kappa shape index (κ1) is 11.6. The standard InChI is InChI=1S/C10H13FN2O2/c1-2-7(6-14)13-10(15)8-3-4-12-5-9(8)11/h3-5,7,14H,2,6H2,1H3,(H,13,15)/t7-/m1/s1. The zero-order valence-electron chi connectivity index (χ0n) is 8.40. The number of carbonyl (C=O) groups is 1. The molecule has 0 aromatic carbocycles. The van der Waals surface area contributed by atoms with Crippen LogP contribution in [0.4, 0.5) is 4.39 Å². The molecule has 0 spiro atoms. The molecule has 82 valence electrons. The van der Waals surface area contributed by atoms with E-state index in [1.54, 1.807) is 0 Å². The zero-order valence-corrected chi connectivity index (χ0v) is 8.40. The molecule has 4 nitrogen and oxygen atoms in total. The van der Waals surface area contributed by atoms with Crippen molar-refractivity contribution in [2.75, 3.05) is 6.61 Å². The highest BCUT2D eigenvalue weighted by Gasteiger charge is 2.14. The molecular weight excluding hydrogens is 199 g/mol. The summed E-state index contributed by atoms with van der Waals surface area (Å²) in [5, 5.41) is 11.4. The van der Waals surface area contributed by atoms with Crippen LogP contribution in [-0.4, -0.2) is 28.6 Å². The van der Waals surface area contributed by atoms with Gasteiger partial charge in [-0.05, 0) is 12.5 Å². The molecule has 0 fully saturated rings. The van der Waals surface area contributed by atoms with Gasteiger partial charge in [0.25, 0.3) is 5.91 Å². The molecule has 1 amide bonds. The Morgan fingerprint density at radius 3 is 3.00 bits per heavy atom. The third kappa shape index (κ3) is 2.99. The quantitative estimate of drug-likeness (QED) is 0.773. The summed E-state index contributed by atoms with van der Waals surface area (Å²) >= 11 is 0. The first-order chi connectivity index (χ1) is 7.19. The van der Waals surface area contributed by atoms with Crippen LogP contribution in [-0.2, 0) is 0 Å². The molecule has 0 aliphatic rings. The molecule has 0 bridgehead atoms. The topological polar surface area (TPSA) is 62.2 Å². The number of aromatic nitrogens is 1. The van der Waals surface area contributed by atoms with E-state index in [4.69, 9.17) is 5.11 Å². The lowest BCUT2D eigenvalue weighted by Gasteiger charge is -2.13. The average molecular weight is 212 g/mol. The Bertz CT molecular complexity index is 340. The molecule has 1 rings (SSSR count). The number of hydrogen-bond donors (Lipinski definition) is 2. The Kier molecular flexibility index (Phi) is 4.17. The Morgan fingerprint density at radius 2 is 2.47 bits per heavy atom. The minimum absolute atomic E-state index is 0.0584. The van der Waals surface area contributed by atoms with E-state index in [9.17, 15) is 9.18 Å². The van der Waals surface area contributed by atoms with Crippen molar-refractivity contribution in [2.45, 2.75) is 19.4 Å². The molecule has 0 saturated carbocycles. The van der Waals surface area contributed by atoms with Crippen molar-refractivity contribution in [3.63, 3.8) is 0 Å². The Balaban J connectivity index is 2.73. The summed E-state index contributed by atoms with van der Waals surface area (Å²) < 4.78 is 13.1. The maximum atomic E-state index is 13.1. The van der Waals surface area contributed by atoms with Gasteiger partial charge >= 0.3 is 0 Å². The van der Waals surface area contributed by atoms with Gasteiger partial charge in [0.2, 0.25) is 0 Å². The SMILES string of the molecule is CC[C@H](CO)NC(=O)c1ccncc1F. The van der Waals surface area contributed by atoms with Gasteiger partial charge < -0.3 is 10.4 Å². The normalized spacial score (nSPS) is 12.2. The van der Waals surface area contributed by atoms with Crippen LogP contribution in [0.15, 0.2) is 18.5 Å². The highest BCUT2D eigenvalue weighted by atomic mass is 19.1. The van der Waals surface area contributed by atoms with E-state index >= 15 is 0 Å². The Morgan fingerprint density at radius 1 is 1.73 bits per heavy atom. The van der Waals surface area contributed by atoms with Crippen LogP contribution in [0.2, 0.25) is 0 Å². The van der Waals surface area contributed by atoms with E-state index in [-0.39, 0.29) is 18.2 Å². The first-order valence-corrected chi connectivity index (χ1v) is 4.70. The Labute approximate surface area is 87.1 Å². The van der Waals surface area contributed by atoms with Crippen molar-refractivity contribution >= 4 is 5.91 Å². The summed E-state index contributed by atoms with van der Waals surface area (Å²) in [6.07, 6.45) is 2.92. The molecule has 0 unspecified atom stereocenters. The van der Waals surface area contributed by atoms with Crippen LogP contribution in [0.1, 0.15) is 23.7 Å².